The molecule has 102 valence electrons. The lowest BCUT2D eigenvalue weighted by Crippen LogP contribution is -2.09. The first kappa shape index (κ1) is 12.2. The second kappa shape index (κ2) is 4.49. The number of aromatic nitrogens is 2. The minimum Gasteiger partial charge on any atom is -0.306 e. The van der Waals surface area contributed by atoms with Crippen molar-refractivity contribution >= 4 is 32.3 Å². The van der Waals surface area contributed by atoms with Crippen LogP contribution in [-0.2, 0) is 0 Å². The van der Waals surface area contributed by atoms with Crippen LogP contribution in [0, 0.1) is 5.82 Å². The highest BCUT2D eigenvalue weighted by Gasteiger charge is 2.12. The summed E-state index contributed by atoms with van der Waals surface area (Å²) in [6.45, 7) is 0. The summed E-state index contributed by atoms with van der Waals surface area (Å²) in [7, 11) is 0. The van der Waals surface area contributed by atoms with E-state index in [0.717, 1.165) is 10.9 Å². The SMILES string of the molecule is O=c1[nH]c(-c2ccc(F)c3sccc23)nc2ccccc12. The van der Waals surface area contributed by atoms with Gasteiger partial charge in [-0.15, -0.1) is 11.3 Å². The highest BCUT2D eigenvalue weighted by molar-refractivity contribution is 7.17. The summed E-state index contributed by atoms with van der Waals surface area (Å²) < 4.78 is 14.3. The number of fused-ring (bicyclic) bond motifs is 2. The van der Waals surface area contributed by atoms with E-state index in [-0.39, 0.29) is 11.4 Å². The van der Waals surface area contributed by atoms with Crippen LogP contribution in [0.2, 0.25) is 0 Å². The maximum absolute atomic E-state index is 13.8. The molecule has 2 heterocycles. The molecular weight excluding hydrogens is 287 g/mol. The quantitative estimate of drug-likeness (QED) is 0.578. The number of nitrogens with zero attached hydrogens (tertiary/aromatic N) is 1. The minimum absolute atomic E-state index is 0.191. The molecule has 5 heteroatoms. The fourth-order valence-electron chi connectivity index (χ4n) is 2.45. The fourth-order valence-corrected chi connectivity index (χ4v) is 3.27. The average molecular weight is 296 g/mol. The standard InChI is InChI=1S/C16H9FN2OS/c17-12-6-5-10(9-7-8-21-14(9)12)15-18-13-4-2-1-3-11(13)16(20)19-15/h1-8H,(H,18,19,20). The number of aromatic amines is 1. The Morgan fingerprint density at radius 3 is 2.81 bits per heavy atom. The Kier molecular flexibility index (Phi) is 2.62. The number of nitrogens with one attached hydrogen (secondary N) is 1. The van der Waals surface area contributed by atoms with E-state index in [0.29, 0.717) is 21.4 Å². The smallest absolute Gasteiger partial charge is 0.259 e. The summed E-state index contributed by atoms with van der Waals surface area (Å²) in [5.41, 5.74) is 1.17. The van der Waals surface area contributed by atoms with Crippen molar-refractivity contribution < 1.29 is 4.39 Å². The molecule has 0 aliphatic carbocycles. The maximum atomic E-state index is 13.8. The number of rotatable bonds is 1. The normalized spacial score (nSPS) is 11.3. The molecule has 3 nitrogen and oxygen atoms in total. The zero-order valence-electron chi connectivity index (χ0n) is 10.8. The fraction of sp³-hybridized carbons (Fsp3) is 0. The van der Waals surface area contributed by atoms with Gasteiger partial charge in [-0.3, -0.25) is 4.79 Å². The Morgan fingerprint density at radius 2 is 1.90 bits per heavy atom. The molecule has 0 saturated carbocycles. The third-order valence-corrected chi connectivity index (χ3v) is 4.36. The van der Waals surface area contributed by atoms with Crippen molar-refractivity contribution in [2.75, 3.05) is 0 Å². The van der Waals surface area contributed by atoms with E-state index >= 15 is 0 Å². The molecule has 2 aromatic heterocycles. The molecule has 1 N–H and O–H groups in total. The second-order valence-corrected chi connectivity index (χ2v) is 5.61. The first-order valence-electron chi connectivity index (χ1n) is 6.39. The molecule has 21 heavy (non-hydrogen) atoms. The van der Waals surface area contributed by atoms with Gasteiger partial charge < -0.3 is 4.98 Å². The molecule has 0 radical (unpaired) electrons. The number of H-pyrrole nitrogens is 1. The number of hydrogen-bond donors (Lipinski definition) is 1. The van der Waals surface area contributed by atoms with Gasteiger partial charge in [0.2, 0.25) is 0 Å². The van der Waals surface area contributed by atoms with E-state index < -0.39 is 0 Å². The van der Waals surface area contributed by atoms with Gasteiger partial charge in [0.25, 0.3) is 5.56 Å². The van der Waals surface area contributed by atoms with Crippen molar-refractivity contribution in [2.45, 2.75) is 0 Å². The first-order chi connectivity index (χ1) is 10.2. The summed E-state index contributed by atoms with van der Waals surface area (Å²) in [4.78, 5) is 19.4. The van der Waals surface area contributed by atoms with Crippen LogP contribution < -0.4 is 5.56 Å². The first-order valence-corrected chi connectivity index (χ1v) is 7.27. The summed E-state index contributed by atoms with van der Waals surface area (Å²) in [6, 6.07) is 12.1. The third kappa shape index (κ3) is 1.86. The van der Waals surface area contributed by atoms with Crippen LogP contribution in [0.1, 0.15) is 0 Å². The van der Waals surface area contributed by atoms with Gasteiger partial charge in [0.05, 0.1) is 15.6 Å². The summed E-state index contributed by atoms with van der Waals surface area (Å²) >= 11 is 1.34. The van der Waals surface area contributed by atoms with Crippen molar-refractivity contribution in [3.05, 3.63) is 64.0 Å². The van der Waals surface area contributed by atoms with E-state index in [2.05, 4.69) is 9.97 Å². The Labute approximate surface area is 122 Å². The predicted octanol–water partition coefficient (Wildman–Crippen LogP) is 3.94. The molecule has 0 saturated heterocycles. The Morgan fingerprint density at radius 1 is 1.05 bits per heavy atom. The average Bonchev–Trinajstić information content (AvgIpc) is 2.98. The summed E-state index contributed by atoms with van der Waals surface area (Å²) in [6.07, 6.45) is 0. The van der Waals surface area contributed by atoms with E-state index in [4.69, 9.17) is 0 Å². The number of hydrogen-bond acceptors (Lipinski definition) is 3. The highest BCUT2D eigenvalue weighted by Crippen LogP contribution is 2.32. The largest absolute Gasteiger partial charge is 0.306 e. The van der Waals surface area contributed by atoms with E-state index in [1.54, 1.807) is 24.3 Å². The highest BCUT2D eigenvalue weighted by atomic mass is 32.1. The predicted molar refractivity (Wildman–Crippen MR) is 83.1 cm³/mol. The van der Waals surface area contributed by atoms with Crippen LogP contribution >= 0.6 is 11.3 Å². The molecule has 2 aromatic carbocycles. The summed E-state index contributed by atoms with van der Waals surface area (Å²) in [5.74, 6) is 0.203. The van der Waals surface area contributed by atoms with E-state index in [1.807, 2.05) is 17.5 Å². The number of thiophene rings is 1. The third-order valence-electron chi connectivity index (χ3n) is 3.44. The maximum Gasteiger partial charge on any atom is 0.259 e. The van der Waals surface area contributed by atoms with Gasteiger partial charge in [0, 0.05) is 10.9 Å². The van der Waals surface area contributed by atoms with Crippen molar-refractivity contribution in [3.63, 3.8) is 0 Å². The minimum atomic E-state index is -0.258. The number of benzene rings is 2. The zero-order chi connectivity index (χ0) is 14.4. The Hall–Kier alpha value is -2.53. The van der Waals surface area contributed by atoms with E-state index in [9.17, 15) is 9.18 Å². The molecule has 0 amide bonds. The van der Waals surface area contributed by atoms with Crippen LogP contribution in [-0.4, -0.2) is 9.97 Å². The molecular formula is C16H9FN2OS. The molecule has 0 aliphatic rings. The van der Waals surface area contributed by atoms with Crippen molar-refractivity contribution in [2.24, 2.45) is 0 Å². The Bertz CT molecular complexity index is 1040. The van der Waals surface area contributed by atoms with Crippen molar-refractivity contribution in [1.29, 1.82) is 0 Å². The van der Waals surface area contributed by atoms with E-state index in [1.165, 1.54) is 17.4 Å². The molecule has 0 unspecified atom stereocenters. The Balaban J connectivity index is 2.07. The monoisotopic (exact) mass is 296 g/mol. The van der Waals surface area contributed by atoms with Gasteiger partial charge in [-0.1, -0.05) is 12.1 Å². The van der Waals surface area contributed by atoms with Crippen molar-refractivity contribution in [1.82, 2.24) is 9.97 Å². The lowest BCUT2D eigenvalue weighted by atomic mass is 10.1. The van der Waals surface area contributed by atoms with Crippen LogP contribution in [0.3, 0.4) is 0 Å². The van der Waals surface area contributed by atoms with Gasteiger partial charge in [-0.05, 0) is 35.7 Å². The molecule has 4 rings (SSSR count). The van der Waals surface area contributed by atoms with Gasteiger partial charge >= 0.3 is 0 Å². The molecule has 4 aromatic rings. The number of halogens is 1. The molecule has 0 bridgehead atoms. The summed E-state index contributed by atoms with van der Waals surface area (Å²) in [5, 5.41) is 3.14. The molecule has 0 spiro atoms. The second-order valence-electron chi connectivity index (χ2n) is 4.69. The molecule has 0 atom stereocenters. The van der Waals surface area contributed by atoms with Gasteiger partial charge in [0.1, 0.15) is 11.6 Å². The topological polar surface area (TPSA) is 45.8 Å². The van der Waals surface area contributed by atoms with Crippen LogP contribution in [0.5, 0.6) is 0 Å². The van der Waals surface area contributed by atoms with Crippen LogP contribution in [0.25, 0.3) is 32.4 Å². The molecule has 0 fully saturated rings. The van der Waals surface area contributed by atoms with Gasteiger partial charge in [-0.25, -0.2) is 9.37 Å². The van der Waals surface area contributed by atoms with Crippen molar-refractivity contribution in [3.8, 4) is 11.4 Å². The number of para-hydroxylation sites is 1. The van der Waals surface area contributed by atoms with Crippen LogP contribution in [0.4, 0.5) is 4.39 Å². The lowest BCUT2D eigenvalue weighted by Gasteiger charge is -2.05. The lowest BCUT2D eigenvalue weighted by molar-refractivity contribution is 0.642. The molecule has 0 aliphatic heterocycles. The van der Waals surface area contributed by atoms with Gasteiger partial charge in [-0.2, -0.15) is 0 Å². The van der Waals surface area contributed by atoms with Gasteiger partial charge in [0.15, 0.2) is 0 Å². The zero-order valence-corrected chi connectivity index (χ0v) is 11.6. The van der Waals surface area contributed by atoms with Crippen LogP contribution in [0.15, 0.2) is 52.6 Å².